The second-order valence-electron chi connectivity index (χ2n) is 4.26. The third kappa shape index (κ3) is 2.28. The van der Waals surface area contributed by atoms with Crippen LogP contribution in [0, 0.1) is 5.82 Å². The summed E-state index contributed by atoms with van der Waals surface area (Å²) in [6, 6.07) is 4.45. The van der Waals surface area contributed by atoms with Crippen LogP contribution in [-0.4, -0.2) is 19.0 Å². The molecule has 0 bridgehead atoms. The van der Waals surface area contributed by atoms with E-state index in [9.17, 15) is 9.18 Å². The molecule has 0 aliphatic heterocycles. The van der Waals surface area contributed by atoms with Crippen molar-refractivity contribution >= 4 is 17.5 Å². The standard InChI is InChI=1S/C12H14ClFN2O/c13-9-7-8(1-2-10(9)14)12(3-4-12)11(17)16-6-5-15/h1-2,7H,3-6,15H2,(H,16,17). The number of hydrogen-bond donors (Lipinski definition) is 2. The maximum Gasteiger partial charge on any atom is 0.230 e. The van der Waals surface area contributed by atoms with Crippen molar-refractivity contribution in [2.75, 3.05) is 13.1 Å². The molecule has 0 radical (unpaired) electrons. The third-order valence-electron chi connectivity index (χ3n) is 3.09. The molecule has 92 valence electrons. The molecular formula is C12H14ClFN2O. The van der Waals surface area contributed by atoms with Crippen LogP contribution in [0.25, 0.3) is 0 Å². The van der Waals surface area contributed by atoms with Crippen LogP contribution < -0.4 is 11.1 Å². The third-order valence-corrected chi connectivity index (χ3v) is 3.38. The van der Waals surface area contributed by atoms with E-state index in [2.05, 4.69) is 5.32 Å². The molecular weight excluding hydrogens is 243 g/mol. The zero-order chi connectivity index (χ0) is 12.5. The molecule has 0 spiro atoms. The van der Waals surface area contributed by atoms with E-state index >= 15 is 0 Å². The average molecular weight is 257 g/mol. The van der Waals surface area contributed by atoms with E-state index in [1.807, 2.05) is 0 Å². The minimum atomic E-state index is -0.521. The molecule has 0 heterocycles. The highest BCUT2D eigenvalue weighted by atomic mass is 35.5. The molecule has 0 saturated heterocycles. The SMILES string of the molecule is NCCNC(=O)C1(c2ccc(F)c(Cl)c2)CC1. The summed E-state index contributed by atoms with van der Waals surface area (Å²) in [6.45, 7) is 0.863. The van der Waals surface area contributed by atoms with E-state index < -0.39 is 11.2 Å². The molecule has 17 heavy (non-hydrogen) atoms. The topological polar surface area (TPSA) is 55.1 Å². The minimum Gasteiger partial charge on any atom is -0.354 e. The Bertz CT molecular complexity index is 446. The molecule has 1 aromatic carbocycles. The predicted molar refractivity (Wildman–Crippen MR) is 64.4 cm³/mol. The van der Waals surface area contributed by atoms with Crippen molar-refractivity contribution in [2.24, 2.45) is 5.73 Å². The summed E-state index contributed by atoms with van der Waals surface area (Å²) >= 11 is 5.73. The number of rotatable bonds is 4. The fourth-order valence-corrected chi connectivity index (χ4v) is 2.10. The molecule has 5 heteroatoms. The van der Waals surface area contributed by atoms with Crippen molar-refractivity contribution in [3.8, 4) is 0 Å². The lowest BCUT2D eigenvalue weighted by Crippen LogP contribution is -2.37. The first-order valence-corrected chi connectivity index (χ1v) is 5.92. The van der Waals surface area contributed by atoms with Crippen molar-refractivity contribution < 1.29 is 9.18 Å². The maximum atomic E-state index is 13.1. The molecule has 1 saturated carbocycles. The number of carbonyl (C=O) groups excluding carboxylic acids is 1. The molecule has 2 rings (SSSR count). The van der Waals surface area contributed by atoms with Gasteiger partial charge < -0.3 is 11.1 Å². The number of amides is 1. The van der Waals surface area contributed by atoms with Gasteiger partial charge in [-0.25, -0.2) is 4.39 Å². The molecule has 0 unspecified atom stereocenters. The van der Waals surface area contributed by atoms with E-state index in [1.54, 1.807) is 6.07 Å². The Kier molecular flexibility index (Phi) is 3.35. The number of benzene rings is 1. The zero-order valence-corrected chi connectivity index (χ0v) is 10.1. The van der Waals surface area contributed by atoms with Gasteiger partial charge in [0.05, 0.1) is 10.4 Å². The first-order valence-electron chi connectivity index (χ1n) is 5.54. The van der Waals surface area contributed by atoms with E-state index in [0.29, 0.717) is 13.1 Å². The van der Waals surface area contributed by atoms with Gasteiger partial charge in [0.2, 0.25) is 5.91 Å². The molecule has 3 nitrogen and oxygen atoms in total. The Hall–Kier alpha value is -1.13. The van der Waals surface area contributed by atoms with Gasteiger partial charge in [-0.3, -0.25) is 4.79 Å². The van der Waals surface area contributed by atoms with Gasteiger partial charge in [0, 0.05) is 13.1 Å². The van der Waals surface area contributed by atoms with Crippen molar-refractivity contribution in [2.45, 2.75) is 18.3 Å². The molecule has 1 aliphatic rings. The monoisotopic (exact) mass is 256 g/mol. The summed E-state index contributed by atoms with van der Waals surface area (Å²) in [7, 11) is 0. The normalized spacial score (nSPS) is 16.6. The molecule has 0 atom stereocenters. The first-order chi connectivity index (χ1) is 8.10. The second kappa shape index (κ2) is 4.63. The Balaban J connectivity index is 2.20. The van der Waals surface area contributed by atoms with Gasteiger partial charge in [-0.15, -0.1) is 0 Å². The number of carbonyl (C=O) groups is 1. The van der Waals surface area contributed by atoms with Crippen molar-refractivity contribution in [3.63, 3.8) is 0 Å². The second-order valence-corrected chi connectivity index (χ2v) is 4.66. The van der Waals surface area contributed by atoms with Crippen LogP contribution in [0.1, 0.15) is 18.4 Å². The first kappa shape index (κ1) is 12.3. The summed E-state index contributed by atoms with van der Waals surface area (Å²) < 4.78 is 13.1. The lowest BCUT2D eigenvalue weighted by molar-refractivity contribution is -0.123. The van der Waals surface area contributed by atoms with Gasteiger partial charge in [-0.2, -0.15) is 0 Å². The van der Waals surface area contributed by atoms with E-state index in [-0.39, 0.29) is 10.9 Å². The highest BCUT2D eigenvalue weighted by Crippen LogP contribution is 2.49. The Morgan fingerprint density at radius 1 is 1.53 bits per heavy atom. The Labute approximate surface area is 104 Å². The number of nitrogens with two attached hydrogens (primary N) is 1. The Morgan fingerprint density at radius 3 is 2.76 bits per heavy atom. The number of halogens is 2. The zero-order valence-electron chi connectivity index (χ0n) is 9.30. The summed E-state index contributed by atoms with van der Waals surface area (Å²) in [6.07, 6.45) is 1.54. The van der Waals surface area contributed by atoms with Gasteiger partial charge >= 0.3 is 0 Å². The maximum absolute atomic E-state index is 13.1. The van der Waals surface area contributed by atoms with E-state index in [1.165, 1.54) is 12.1 Å². The van der Waals surface area contributed by atoms with Crippen molar-refractivity contribution in [3.05, 3.63) is 34.6 Å². The van der Waals surface area contributed by atoms with Crippen LogP contribution in [0.15, 0.2) is 18.2 Å². The smallest absolute Gasteiger partial charge is 0.230 e. The van der Waals surface area contributed by atoms with Gasteiger partial charge in [0.1, 0.15) is 5.82 Å². The fraction of sp³-hybridized carbons (Fsp3) is 0.417. The van der Waals surface area contributed by atoms with E-state index in [0.717, 1.165) is 18.4 Å². The largest absolute Gasteiger partial charge is 0.354 e. The fourth-order valence-electron chi connectivity index (χ4n) is 1.92. The molecule has 1 aliphatic carbocycles. The van der Waals surface area contributed by atoms with Gasteiger partial charge in [-0.1, -0.05) is 17.7 Å². The predicted octanol–water partition coefficient (Wildman–Crippen LogP) is 1.59. The summed E-state index contributed by atoms with van der Waals surface area (Å²) in [5.41, 5.74) is 5.59. The minimum absolute atomic E-state index is 0.0503. The highest BCUT2D eigenvalue weighted by molar-refractivity contribution is 6.30. The summed E-state index contributed by atoms with van der Waals surface area (Å²) in [5, 5.41) is 2.82. The van der Waals surface area contributed by atoms with E-state index in [4.69, 9.17) is 17.3 Å². The molecule has 0 aromatic heterocycles. The van der Waals surface area contributed by atoms with Crippen LogP contribution in [0.2, 0.25) is 5.02 Å². The average Bonchev–Trinajstić information content (AvgIpc) is 3.11. The van der Waals surface area contributed by atoms with Crippen LogP contribution >= 0.6 is 11.6 Å². The lowest BCUT2D eigenvalue weighted by atomic mass is 9.95. The Morgan fingerprint density at radius 2 is 2.24 bits per heavy atom. The van der Waals surface area contributed by atoms with Crippen molar-refractivity contribution in [1.82, 2.24) is 5.32 Å². The van der Waals surface area contributed by atoms with Crippen LogP contribution in [0.4, 0.5) is 4.39 Å². The summed E-state index contributed by atoms with van der Waals surface area (Å²) in [5.74, 6) is -0.515. The van der Waals surface area contributed by atoms with Crippen LogP contribution in [0.5, 0.6) is 0 Å². The number of nitrogens with one attached hydrogen (secondary N) is 1. The molecule has 1 fully saturated rings. The summed E-state index contributed by atoms with van der Waals surface area (Å²) in [4.78, 5) is 12.0. The van der Waals surface area contributed by atoms with Crippen LogP contribution in [0.3, 0.4) is 0 Å². The lowest BCUT2D eigenvalue weighted by Gasteiger charge is -2.15. The van der Waals surface area contributed by atoms with Crippen molar-refractivity contribution in [1.29, 1.82) is 0 Å². The highest BCUT2D eigenvalue weighted by Gasteiger charge is 2.51. The van der Waals surface area contributed by atoms with Crippen LogP contribution in [-0.2, 0) is 10.2 Å². The van der Waals surface area contributed by atoms with Gasteiger partial charge in [0.15, 0.2) is 0 Å². The van der Waals surface area contributed by atoms with Gasteiger partial charge in [0.25, 0.3) is 0 Å². The molecule has 1 aromatic rings. The molecule has 1 amide bonds. The number of hydrogen-bond acceptors (Lipinski definition) is 2. The molecule has 3 N–H and O–H groups in total. The van der Waals surface area contributed by atoms with Gasteiger partial charge in [-0.05, 0) is 30.5 Å². The quantitative estimate of drug-likeness (QED) is 0.860.